The van der Waals surface area contributed by atoms with Crippen LogP contribution in [-0.4, -0.2) is 30.2 Å². The molecule has 0 saturated heterocycles. The lowest BCUT2D eigenvalue weighted by Crippen LogP contribution is -2.16. The minimum Gasteiger partial charge on any atom is -0.323 e. The normalized spacial score (nSPS) is 14.1. The summed E-state index contributed by atoms with van der Waals surface area (Å²) in [6.45, 7) is 0. The zero-order valence-electron chi connectivity index (χ0n) is 9.05. The number of rotatable bonds is 5. The van der Waals surface area contributed by atoms with Crippen LogP contribution in [0.25, 0.3) is 0 Å². The Kier molecular flexibility index (Phi) is 3.87. The van der Waals surface area contributed by atoms with Crippen molar-refractivity contribution in [2.24, 2.45) is 12.8 Å². The molecule has 0 spiro atoms. The number of hydrogen-bond acceptors (Lipinski definition) is 4. The van der Waals surface area contributed by atoms with Crippen molar-refractivity contribution in [2.45, 2.75) is 18.9 Å². The zero-order valence-corrected chi connectivity index (χ0v) is 9.87. The summed E-state index contributed by atoms with van der Waals surface area (Å²) in [5, 5.41) is 4.01. The lowest BCUT2D eigenvalue weighted by Gasteiger charge is -2.11. The van der Waals surface area contributed by atoms with E-state index < -0.39 is 9.84 Å². The molecule has 1 heterocycles. The highest BCUT2D eigenvalue weighted by Crippen LogP contribution is 2.14. The fourth-order valence-electron chi connectivity index (χ4n) is 1.46. The second kappa shape index (κ2) is 4.76. The molecule has 0 aliphatic carbocycles. The molecule has 0 aliphatic rings. The summed E-state index contributed by atoms with van der Waals surface area (Å²) in [6.07, 6.45) is 4.17. The molecular weight excluding hydrogens is 214 g/mol. The molecule has 86 valence electrons. The fraction of sp³-hybridized carbons (Fsp3) is 0.667. The van der Waals surface area contributed by atoms with Crippen molar-refractivity contribution in [3.63, 3.8) is 0 Å². The van der Waals surface area contributed by atoms with E-state index in [2.05, 4.69) is 5.10 Å². The van der Waals surface area contributed by atoms with Gasteiger partial charge in [-0.2, -0.15) is 5.10 Å². The predicted molar refractivity (Wildman–Crippen MR) is 59.1 cm³/mol. The van der Waals surface area contributed by atoms with E-state index in [1.807, 2.05) is 13.1 Å². The highest BCUT2D eigenvalue weighted by Gasteiger charge is 2.11. The molecule has 1 aromatic rings. The Labute approximate surface area is 90.2 Å². The van der Waals surface area contributed by atoms with E-state index in [-0.39, 0.29) is 11.8 Å². The molecule has 1 aromatic heterocycles. The van der Waals surface area contributed by atoms with Gasteiger partial charge < -0.3 is 5.73 Å². The first kappa shape index (κ1) is 12.2. The van der Waals surface area contributed by atoms with E-state index >= 15 is 0 Å². The Hall–Kier alpha value is -0.880. The standard InChI is InChI=1S/C9H17N3O2S/c1-12-9(5-6-11-12)8(10)4-3-7-15(2,13)14/h5-6,8H,3-4,7,10H2,1-2H3. The molecule has 0 radical (unpaired) electrons. The Balaban J connectivity index is 2.44. The number of aromatic nitrogens is 2. The van der Waals surface area contributed by atoms with E-state index in [4.69, 9.17) is 5.73 Å². The van der Waals surface area contributed by atoms with Crippen LogP contribution < -0.4 is 5.73 Å². The summed E-state index contributed by atoms with van der Waals surface area (Å²) >= 11 is 0. The SMILES string of the molecule is Cn1nccc1C(N)CCCS(C)(=O)=O. The summed E-state index contributed by atoms with van der Waals surface area (Å²) < 4.78 is 23.5. The summed E-state index contributed by atoms with van der Waals surface area (Å²) in [5.41, 5.74) is 6.85. The van der Waals surface area contributed by atoms with Crippen LogP contribution in [-0.2, 0) is 16.9 Å². The molecule has 0 bridgehead atoms. The summed E-state index contributed by atoms with van der Waals surface area (Å²) in [7, 11) is -1.05. The van der Waals surface area contributed by atoms with Gasteiger partial charge in [-0.1, -0.05) is 0 Å². The van der Waals surface area contributed by atoms with Gasteiger partial charge in [0.2, 0.25) is 0 Å². The van der Waals surface area contributed by atoms with Gasteiger partial charge in [-0.15, -0.1) is 0 Å². The van der Waals surface area contributed by atoms with Gasteiger partial charge in [0.05, 0.1) is 5.69 Å². The van der Waals surface area contributed by atoms with Gasteiger partial charge in [0, 0.05) is 31.3 Å². The van der Waals surface area contributed by atoms with Gasteiger partial charge in [-0.3, -0.25) is 4.68 Å². The number of hydrogen-bond donors (Lipinski definition) is 1. The van der Waals surface area contributed by atoms with E-state index in [1.165, 1.54) is 6.26 Å². The van der Waals surface area contributed by atoms with Crippen molar-refractivity contribution in [1.82, 2.24) is 9.78 Å². The van der Waals surface area contributed by atoms with Crippen molar-refractivity contribution in [3.8, 4) is 0 Å². The topological polar surface area (TPSA) is 78.0 Å². The number of sulfone groups is 1. The third-order valence-electron chi connectivity index (χ3n) is 2.27. The summed E-state index contributed by atoms with van der Waals surface area (Å²) in [4.78, 5) is 0. The summed E-state index contributed by atoms with van der Waals surface area (Å²) in [6, 6.07) is 1.71. The first-order valence-electron chi connectivity index (χ1n) is 4.81. The van der Waals surface area contributed by atoms with Crippen LogP contribution in [0.3, 0.4) is 0 Å². The Bertz CT molecular complexity index is 411. The minimum atomic E-state index is -2.88. The third kappa shape index (κ3) is 4.01. The van der Waals surface area contributed by atoms with Gasteiger partial charge in [0.15, 0.2) is 0 Å². The van der Waals surface area contributed by atoms with E-state index in [0.29, 0.717) is 12.8 Å². The number of nitrogens with two attached hydrogens (primary N) is 1. The van der Waals surface area contributed by atoms with Crippen LogP contribution in [0, 0.1) is 0 Å². The molecule has 5 nitrogen and oxygen atoms in total. The molecule has 0 saturated carbocycles. The number of aryl methyl sites for hydroxylation is 1. The van der Waals surface area contributed by atoms with Crippen molar-refractivity contribution >= 4 is 9.84 Å². The largest absolute Gasteiger partial charge is 0.323 e. The van der Waals surface area contributed by atoms with Crippen molar-refractivity contribution in [3.05, 3.63) is 18.0 Å². The molecule has 0 aliphatic heterocycles. The second-order valence-corrected chi connectivity index (χ2v) is 6.02. The Morgan fingerprint density at radius 3 is 2.73 bits per heavy atom. The fourth-order valence-corrected chi connectivity index (χ4v) is 2.15. The van der Waals surface area contributed by atoms with Crippen molar-refractivity contribution < 1.29 is 8.42 Å². The van der Waals surface area contributed by atoms with E-state index in [1.54, 1.807) is 10.9 Å². The van der Waals surface area contributed by atoms with Crippen LogP contribution in [0.2, 0.25) is 0 Å². The monoisotopic (exact) mass is 231 g/mol. The maximum atomic E-state index is 10.9. The van der Waals surface area contributed by atoms with Gasteiger partial charge >= 0.3 is 0 Å². The molecule has 1 atom stereocenters. The van der Waals surface area contributed by atoms with Crippen LogP contribution in [0.5, 0.6) is 0 Å². The summed E-state index contributed by atoms with van der Waals surface area (Å²) in [5.74, 6) is 0.193. The molecule has 1 rings (SSSR count). The lowest BCUT2D eigenvalue weighted by atomic mass is 10.1. The van der Waals surface area contributed by atoms with Gasteiger partial charge in [-0.25, -0.2) is 8.42 Å². The van der Waals surface area contributed by atoms with E-state index in [0.717, 1.165) is 5.69 Å². The molecule has 0 amide bonds. The van der Waals surface area contributed by atoms with Gasteiger partial charge in [0.25, 0.3) is 0 Å². The molecular formula is C9H17N3O2S. The molecule has 0 fully saturated rings. The minimum absolute atomic E-state index is 0.140. The molecule has 1 unspecified atom stereocenters. The average molecular weight is 231 g/mol. The molecule has 2 N–H and O–H groups in total. The number of nitrogens with zero attached hydrogens (tertiary/aromatic N) is 2. The van der Waals surface area contributed by atoms with Crippen LogP contribution in [0.4, 0.5) is 0 Å². The van der Waals surface area contributed by atoms with Crippen LogP contribution in [0.1, 0.15) is 24.6 Å². The lowest BCUT2D eigenvalue weighted by molar-refractivity contribution is 0.564. The average Bonchev–Trinajstić information content (AvgIpc) is 2.48. The van der Waals surface area contributed by atoms with Gasteiger partial charge in [0.1, 0.15) is 9.84 Å². The van der Waals surface area contributed by atoms with E-state index in [9.17, 15) is 8.42 Å². The van der Waals surface area contributed by atoms with Crippen LogP contribution >= 0.6 is 0 Å². The molecule has 6 heteroatoms. The quantitative estimate of drug-likeness (QED) is 0.787. The Morgan fingerprint density at radius 1 is 1.60 bits per heavy atom. The Morgan fingerprint density at radius 2 is 2.27 bits per heavy atom. The zero-order chi connectivity index (χ0) is 11.5. The van der Waals surface area contributed by atoms with Crippen LogP contribution in [0.15, 0.2) is 12.3 Å². The molecule has 0 aromatic carbocycles. The highest BCUT2D eigenvalue weighted by atomic mass is 32.2. The first-order chi connectivity index (χ1) is 6.90. The van der Waals surface area contributed by atoms with Crippen molar-refractivity contribution in [2.75, 3.05) is 12.0 Å². The third-order valence-corrected chi connectivity index (χ3v) is 3.30. The van der Waals surface area contributed by atoms with Gasteiger partial charge in [-0.05, 0) is 18.9 Å². The smallest absolute Gasteiger partial charge is 0.147 e. The van der Waals surface area contributed by atoms with Crippen molar-refractivity contribution in [1.29, 1.82) is 0 Å². The highest BCUT2D eigenvalue weighted by molar-refractivity contribution is 7.90. The maximum Gasteiger partial charge on any atom is 0.147 e. The molecule has 15 heavy (non-hydrogen) atoms. The predicted octanol–water partition coefficient (Wildman–Crippen LogP) is 0.245. The first-order valence-corrected chi connectivity index (χ1v) is 6.87. The maximum absolute atomic E-state index is 10.9. The second-order valence-electron chi connectivity index (χ2n) is 3.76.